The molecule has 3 rings (SSSR count). The molecule has 2 aliphatic heterocycles. The zero-order chi connectivity index (χ0) is 14.3. The van der Waals surface area contributed by atoms with Crippen LogP contribution in [0.1, 0.15) is 34.1 Å². The lowest BCUT2D eigenvalue weighted by Gasteiger charge is -2.28. The number of benzene rings is 1. The fourth-order valence-corrected chi connectivity index (χ4v) is 3.11. The second-order valence-electron chi connectivity index (χ2n) is 5.55. The molecule has 1 fully saturated rings. The first kappa shape index (κ1) is 13.3. The second kappa shape index (κ2) is 5.00. The van der Waals surface area contributed by atoms with E-state index in [2.05, 4.69) is 6.92 Å². The van der Waals surface area contributed by atoms with Gasteiger partial charge in [-0.1, -0.05) is 19.1 Å². The summed E-state index contributed by atoms with van der Waals surface area (Å²) in [6.07, 6.45) is 0.981. The number of hydrogen-bond acceptors (Lipinski definition) is 4. The van der Waals surface area contributed by atoms with E-state index in [1.54, 1.807) is 24.3 Å². The lowest BCUT2D eigenvalue weighted by molar-refractivity contribution is 0.0462. The smallest absolute Gasteiger partial charge is 0.262 e. The zero-order valence-corrected chi connectivity index (χ0v) is 11.5. The summed E-state index contributed by atoms with van der Waals surface area (Å²) in [6.45, 7) is 3.22. The van der Waals surface area contributed by atoms with Crippen molar-refractivity contribution in [1.29, 1.82) is 0 Å². The molecule has 0 aromatic heterocycles. The van der Waals surface area contributed by atoms with Crippen molar-refractivity contribution >= 4 is 11.8 Å². The summed E-state index contributed by atoms with van der Waals surface area (Å²) in [4.78, 5) is 27.9. The van der Waals surface area contributed by atoms with Crippen molar-refractivity contribution in [3.8, 4) is 0 Å². The first-order chi connectivity index (χ1) is 9.63. The van der Waals surface area contributed by atoms with E-state index in [1.165, 1.54) is 4.90 Å². The fraction of sp³-hybridized carbons (Fsp3) is 0.467. The van der Waals surface area contributed by atoms with E-state index < -0.39 is 0 Å². The highest BCUT2D eigenvalue weighted by Gasteiger charge is 2.39. The maximum absolute atomic E-state index is 12.3. The fourth-order valence-electron chi connectivity index (χ4n) is 3.11. The summed E-state index contributed by atoms with van der Waals surface area (Å²) in [7, 11) is 0. The molecule has 106 valence electrons. The van der Waals surface area contributed by atoms with E-state index in [0.717, 1.165) is 13.0 Å². The Hall–Kier alpha value is -1.72. The van der Waals surface area contributed by atoms with Crippen LogP contribution in [0, 0.1) is 5.92 Å². The van der Waals surface area contributed by atoms with Gasteiger partial charge in [-0.05, 0) is 24.5 Å². The zero-order valence-electron chi connectivity index (χ0n) is 11.5. The number of carbonyl (C=O) groups excluding carboxylic acids is 2. The van der Waals surface area contributed by atoms with Gasteiger partial charge in [-0.25, -0.2) is 0 Å². The molecule has 0 bridgehead atoms. The van der Waals surface area contributed by atoms with Crippen LogP contribution in [0.25, 0.3) is 0 Å². The summed E-state index contributed by atoms with van der Waals surface area (Å²) in [5.41, 5.74) is 0.954. The van der Waals surface area contributed by atoms with Crippen LogP contribution in [0.4, 0.5) is 0 Å². The summed E-state index contributed by atoms with van der Waals surface area (Å²) >= 11 is 0. The van der Waals surface area contributed by atoms with E-state index in [4.69, 9.17) is 0 Å². The van der Waals surface area contributed by atoms with Crippen LogP contribution in [-0.4, -0.2) is 52.6 Å². The number of nitrogens with zero attached hydrogens (tertiary/aromatic N) is 2. The highest BCUT2D eigenvalue weighted by atomic mass is 16.3. The molecule has 2 aliphatic rings. The average molecular weight is 274 g/mol. The molecule has 0 spiro atoms. The Morgan fingerprint density at radius 1 is 1.20 bits per heavy atom. The van der Waals surface area contributed by atoms with Crippen molar-refractivity contribution in [2.75, 3.05) is 19.8 Å². The molecule has 20 heavy (non-hydrogen) atoms. The van der Waals surface area contributed by atoms with Crippen molar-refractivity contribution < 1.29 is 14.7 Å². The third-order valence-electron chi connectivity index (χ3n) is 4.39. The first-order valence-corrected chi connectivity index (χ1v) is 6.93. The van der Waals surface area contributed by atoms with Gasteiger partial charge in [-0.15, -0.1) is 0 Å². The number of fused-ring (bicyclic) bond motifs is 1. The highest BCUT2D eigenvalue weighted by Crippen LogP contribution is 2.27. The summed E-state index contributed by atoms with van der Waals surface area (Å²) < 4.78 is 0. The number of likely N-dealkylation sites (tertiary alicyclic amines) is 1. The largest absolute Gasteiger partial charge is 0.395 e. The minimum atomic E-state index is -0.234. The molecule has 0 radical (unpaired) electrons. The summed E-state index contributed by atoms with van der Waals surface area (Å²) in [6, 6.07) is 6.93. The molecule has 2 unspecified atom stereocenters. The third kappa shape index (κ3) is 1.94. The van der Waals surface area contributed by atoms with E-state index in [9.17, 15) is 14.7 Å². The Labute approximate surface area is 117 Å². The van der Waals surface area contributed by atoms with Gasteiger partial charge in [-0.3, -0.25) is 19.4 Å². The average Bonchev–Trinajstić information content (AvgIpc) is 2.93. The number of imide groups is 1. The monoisotopic (exact) mass is 274 g/mol. The summed E-state index contributed by atoms with van der Waals surface area (Å²) in [5.74, 6) is -0.0844. The van der Waals surface area contributed by atoms with Crippen LogP contribution >= 0.6 is 0 Å². The van der Waals surface area contributed by atoms with Crippen molar-refractivity contribution in [3.05, 3.63) is 35.4 Å². The van der Waals surface area contributed by atoms with Crippen LogP contribution in [0.2, 0.25) is 0 Å². The third-order valence-corrected chi connectivity index (χ3v) is 4.39. The van der Waals surface area contributed by atoms with Gasteiger partial charge in [0.15, 0.2) is 0 Å². The quantitative estimate of drug-likeness (QED) is 0.833. The predicted molar refractivity (Wildman–Crippen MR) is 73.2 cm³/mol. The second-order valence-corrected chi connectivity index (χ2v) is 5.55. The first-order valence-electron chi connectivity index (χ1n) is 6.93. The Balaban J connectivity index is 1.80. The molecule has 1 saturated heterocycles. The van der Waals surface area contributed by atoms with Crippen molar-refractivity contribution in [2.24, 2.45) is 5.92 Å². The van der Waals surface area contributed by atoms with Gasteiger partial charge in [0.25, 0.3) is 11.8 Å². The van der Waals surface area contributed by atoms with Gasteiger partial charge >= 0.3 is 0 Å². The van der Waals surface area contributed by atoms with E-state index in [0.29, 0.717) is 17.0 Å². The number of aliphatic hydroxyl groups is 1. The van der Waals surface area contributed by atoms with Crippen molar-refractivity contribution in [2.45, 2.75) is 19.4 Å². The van der Waals surface area contributed by atoms with Crippen LogP contribution in [0.5, 0.6) is 0 Å². The molecule has 5 nitrogen and oxygen atoms in total. The van der Waals surface area contributed by atoms with E-state index >= 15 is 0 Å². The van der Waals surface area contributed by atoms with Crippen LogP contribution in [-0.2, 0) is 0 Å². The summed E-state index contributed by atoms with van der Waals surface area (Å²) in [5, 5.41) is 9.46. The Kier molecular flexibility index (Phi) is 3.31. The molecule has 1 aromatic carbocycles. The molecule has 5 heteroatoms. The minimum absolute atomic E-state index is 0.0271. The lowest BCUT2D eigenvalue weighted by Crippen LogP contribution is -2.45. The normalized spacial score (nSPS) is 26.4. The Morgan fingerprint density at radius 3 is 2.35 bits per heavy atom. The van der Waals surface area contributed by atoms with Crippen LogP contribution < -0.4 is 0 Å². The standard InChI is InChI=1S/C15H18N2O3/c1-10-6-7-16(13(10)8-18)9-17-14(19)11-4-2-3-5-12(11)15(17)20/h2-5,10,13,18H,6-9H2,1H3. The molecule has 2 heterocycles. The number of amides is 2. The van der Waals surface area contributed by atoms with Gasteiger partial charge in [0.05, 0.1) is 24.4 Å². The predicted octanol–water partition coefficient (Wildman–Crippen LogP) is 0.943. The Bertz CT molecular complexity index is 523. The molecular weight excluding hydrogens is 256 g/mol. The molecule has 0 aliphatic carbocycles. The highest BCUT2D eigenvalue weighted by molar-refractivity contribution is 6.21. The minimum Gasteiger partial charge on any atom is -0.395 e. The maximum atomic E-state index is 12.3. The molecular formula is C15H18N2O3. The molecule has 2 atom stereocenters. The van der Waals surface area contributed by atoms with E-state index in [1.807, 2.05) is 4.90 Å². The van der Waals surface area contributed by atoms with Gasteiger partial charge in [0, 0.05) is 12.6 Å². The number of rotatable bonds is 3. The number of aliphatic hydroxyl groups excluding tert-OH is 1. The maximum Gasteiger partial charge on any atom is 0.262 e. The van der Waals surface area contributed by atoms with Gasteiger partial charge in [-0.2, -0.15) is 0 Å². The SMILES string of the molecule is CC1CCN(CN2C(=O)c3ccccc3C2=O)C1CO. The topological polar surface area (TPSA) is 60.9 Å². The molecule has 2 amide bonds. The van der Waals surface area contributed by atoms with E-state index in [-0.39, 0.29) is 31.1 Å². The van der Waals surface area contributed by atoms with Gasteiger partial charge in [0.2, 0.25) is 0 Å². The number of hydrogen-bond donors (Lipinski definition) is 1. The molecule has 0 saturated carbocycles. The van der Waals surface area contributed by atoms with Crippen LogP contribution in [0.3, 0.4) is 0 Å². The molecule has 1 N–H and O–H groups in total. The van der Waals surface area contributed by atoms with Crippen molar-refractivity contribution in [3.63, 3.8) is 0 Å². The van der Waals surface area contributed by atoms with Crippen LogP contribution in [0.15, 0.2) is 24.3 Å². The van der Waals surface area contributed by atoms with Gasteiger partial charge < -0.3 is 5.11 Å². The lowest BCUT2D eigenvalue weighted by atomic mass is 10.0. The van der Waals surface area contributed by atoms with Gasteiger partial charge in [0.1, 0.15) is 0 Å². The molecule has 1 aromatic rings. The van der Waals surface area contributed by atoms with Crippen molar-refractivity contribution in [1.82, 2.24) is 9.80 Å². The number of carbonyl (C=O) groups is 2. The Morgan fingerprint density at radius 2 is 1.80 bits per heavy atom.